The summed E-state index contributed by atoms with van der Waals surface area (Å²) in [5, 5.41) is 10.8. The molecule has 0 atom stereocenters. The van der Waals surface area contributed by atoms with Crippen LogP contribution in [0, 0.1) is 10.1 Å². The van der Waals surface area contributed by atoms with E-state index in [1.54, 1.807) is 60.7 Å². The summed E-state index contributed by atoms with van der Waals surface area (Å²) in [7, 11) is 0. The fourth-order valence-corrected chi connectivity index (χ4v) is 1.65. The van der Waals surface area contributed by atoms with E-state index in [0.29, 0.717) is 11.4 Å². The highest BCUT2D eigenvalue weighted by Crippen LogP contribution is 2.29. The second-order valence-corrected chi connectivity index (χ2v) is 3.59. The lowest BCUT2D eigenvalue weighted by Crippen LogP contribution is -2.55. The first-order valence-electron chi connectivity index (χ1n) is 5.09. The van der Waals surface area contributed by atoms with E-state index in [2.05, 4.69) is 0 Å². The van der Waals surface area contributed by atoms with Crippen molar-refractivity contribution in [1.82, 2.24) is 4.70 Å². The van der Waals surface area contributed by atoms with E-state index in [1.807, 2.05) is 0 Å². The molecular weight excluding hydrogens is 218 g/mol. The molecule has 0 aromatic heterocycles. The third-order valence-electron chi connectivity index (χ3n) is 2.56. The molecular formula is C12H12N3O2+. The van der Waals surface area contributed by atoms with Crippen LogP contribution in [0.2, 0.25) is 0 Å². The third-order valence-corrected chi connectivity index (χ3v) is 2.56. The molecule has 0 unspecified atom stereocenters. The van der Waals surface area contributed by atoms with Crippen molar-refractivity contribution in [2.45, 2.75) is 0 Å². The Balaban J connectivity index is 2.59. The number of nitrogens with two attached hydrogens (primary N) is 1. The van der Waals surface area contributed by atoms with Gasteiger partial charge in [-0.3, -0.25) is 0 Å². The zero-order valence-electron chi connectivity index (χ0n) is 9.06. The first-order valence-corrected chi connectivity index (χ1v) is 5.09. The number of rotatable bonds is 3. The second kappa shape index (κ2) is 4.32. The smallest absolute Gasteiger partial charge is 0.205 e. The van der Waals surface area contributed by atoms with Gasteiger partial charge in [0, 0.05) is 24.3 Å². The first-order chi connectivity index (χ1) is 8.15. The van der Waals surface area contributed by atoms with Crippen LogP contribution in [0.15, 0.2) is 60.7 Å². The van der Waals surface area contributed by atoms with E-state index >= 15 is 0 Å². The largest absolute Gasteiger partial charge is 0.269 e. The monoisotopic (exact) mass is 230 g/mol. The van der Waals surface area contributed by atoms with Gasteiger partial charge in [-0.25, -0.2) is 10.1 Å². The van der Waals surface area contributed by atoms with Crippen molar-refractivity contribution in [2.24, 2.45) is 5.84 Å². The standard InChI is InChI=1S/C12H12N3O2/c13-15(14(16)17,11-7-3-1-4-8-11)12-9-5-2-6-10-12/h1-10H,13H2/q+1. The molecule has 2 N–H and O–H groups in total. The van der Waals surface area contributed by atoms with Gasteiger partial charge in [-0.1, -0.05) is 36.4 Å². The van der Waals surface area contributed by atoms with Crippen molar-refractivity contribution in [3.8, 4) is 0 Å². The van der Waals surface area contributed by atoms with E-state index in [1.165, 1.54) is 0 Å². The molecule has 0 saturated heterocycles. The lowest BCUT2D eigenvalue weighted by molar-refractivity contribution is -0.626. The molecule has 0 aliphatic carbocycles. The van der Waals surface area contributed by atoms with E-state index < -0.39 is 9.73 Å². The summed E-state index contributed by atoms with van der Waals surface area (Å²) in [5.74, 6) is 5.92. The average Bonchev–Trinajstić information content (AvgIpc) is 2.39. The molecule has 0 aliphatic rings. The van der Waals surface area contributed by atoms with Gasteiger partial charge < -0.3 is 0 Å². The number of hydrogen-bond acceptors (Lipinski definition) is 3. The minimum atomic E-state index is -0.943. The van der Waals surface area contributed by atoms with Crippen LogP contribution >= 0.6 is 0 Å². The Morgan fingerprint density at radius 2 is 1.24 bits per heavy atom. The number of quaternary nitrogens is 1. The highest BCUT2D eigenvalue weighted by atomic mass is 16.7. The molecule has 0 aliphatic heterocycles. The zero-order valence-corrected chi connectivity index (χ0v) is 9.06. The fraction of sp³-hybridized carbons (Fsp3) is 0. The van der Waals surface area contributed by atoms with Gasteiger partial charge in [0.15, 0.2) is 0 Å². The van der Waals surface area contributed by atoms with E-state index in [-0.39, 0.29) is 0 Å². The lowest BCUT2D eigenvalue weighted by Gasteiger charge is -2.19. The first kappa shape index (κ1) is 11.3. The molecule has 2 aromatic carbocycles. The van der Waals surface area contributed by atoms with E-state index in [0.717, 1.165) is 0 Å². The van der Waals surface area contributed by atoms with Crippen molar-refractivity contribution in [3.63, 3.8) is 0 Å². The van der Waals surface area contributed by atoms with Gasteiger partial charge in [0.25, 0.3) is 5.03 Å². The molecule has 0 spiro atoms. The summed E-state index contributed by atoms with van der Waals surface area (Å²) in [6.45, 7) is 0. The van der Waals surface area contributed by atoms with Gasteiger partial charge in [-0.2, -0.15) is 0 Å². The maximum absolute atomic E-state index is 11.3. The number of nitrogens with zero attached hydrogens (tertiary/aromatic N) is 2. The van der Waals surface area contributed by atoms with Crippen LogP contribution < -0.4 is 10.5 Å². The Labute approximate surface area is 98.4 Å². The average molecular weight is 230 g/mol. The second-order valence-electron chi connectivity index (χ2n) is 3.59. The van der Waals surface area contributed by atoms with Crippen LogP contribution in [0.3, 0.4) is 0 Å². The van der Waals surface area contributed by atoms with Crippen molar-refractivity contribution in [3.05, 3.63) is 70.8 Å². The summed E-state index contributed by atoms with van der Waals surface area (Å²) in [5.41, 5.74) is 0.812. The number of para-hydroxylation sites is 2. The van der Waals surface area contributed by atoms with Crippen LogP contribution in [0.25, 0.3) is 0 Å². The van der Waals surface area contributed by atoms with Gasteiger partial charge in [-0.05, 0) is 0 Å². The third kappa shape index (κ3) is 1.89. The van der Waals surface area contributed by atoms with Gasteiger partial charge in [0.2, 0.25) is 11.4 Å². The van der Waals surface area contributed by atoms with Crippen LogP contribution in [0.1, 0.15) is 0 Å². The Morgan fingerprint density at radius 3 is 1.53 bits per heavy atom. The minimum absolute atomic E-state index is 0.406. The zero-order chi connectivity index (χ0) is 12.3. The summed E-state index contributed by atoms with van der Waals surface area (Å²) in [4.78, 5) is 11.3. The van der Waals surface area contributed by atoms with Crippen LogP contribution in [-0.2, 0) is 0 Å². The maximum Gasteiger partial charge on any atom is 0.269 e. The van der Waals surface area contributed by atoms with E-state index in [9.17, 15) is 10.1 Å². The Kier molecular flexibility index (Phi) is 2.86. The minimum Gasteiger partial charge on any atom is -0.205 e. The SMILES string of the molecule is N[N+](c1ccccc1)(c1ccccc1)[N+](=O)[O-]. The Bertz CT molecular complexity index is 474. The predicted molar refractivity (Wildman–Crippen MR) is 65.5 cm³/mol. The molecule has 5 nitrogen and oxygen atoms in total. The van der Waals surface area contributed by atoms with Gasteiger partial charge in [0.1, 0.15) is 0 Å². The quantitative estimate of drug-likeness (QED) is 0.381. The fourth-order valence-electron chi connectivity index (χ4n) is 1.65. The summed E-state index contributed by atoms with van der Waals surface area (Å²) in [6, 6.07) is 17.0. The van der Waals surface area contributed by atoms with Crippen LogP contribution in [0.5, 0.6) is 0 Å². The summed E-state index contributed by atoms with van der Waals surface area (Å²) < 4.78 is -0.943. The molecule has 0 amide bonds. The molecule has 0 fully saturated rings. The molecule has 5 heteroatoms. The molecule has 0 radical (unpaired) electrons. The van der Waals surface area contributed by atoms with Crippen molar-refractivity contribution < 1.29 is 5.03 Å². The molecule has 2 aromatic rings. The van der Waals surface area contributed by atoms with Gasteiger partial charge in [0.05, 0.1) is 4.70 Å². The molecule has 86 valence electrons. The van der Waals surface area contributed by atoms with Crippen LogP contribution in [0.4, 0.5) is 11.4 Å². The molecule has 0 saturated carbocycles. The Morgan fingerprint density at radius 1 is 0.882 bits per heavy atom. The molecule has 2 rings (SSSR count). The van der Waals surface area contributed by atoms with Crippen molar-refractivity contribution in [1.29, 1.82) is 0 Å². The van der Waals surface area contributed by atoms with Gasteiger partial charge in [-0.15, -0.1) is 5.84 Å². The predicted octanol–water partition coefficient (Wildman–Crippen LogP) is 2.39. The molecule has 0 bridgehead atoms. The Hall–Kier alpha value is -2.24. The van der Waals surface area contributed by atoms with E-state index in [4.69, 9.17) is 5.84 Å². The van der Waals surface area contributed by atoms with Crippen LogP contribution in [-0.4, -0.2) is 5.03 Å². The number of hydrogen-bond donors (Lipinski definition) is 1. The number of benzene rings is 2. The van der Waals surface area contributed by atoms with Crippen molar-refractivity contribution >= 4 is 11.4 Å². The van der Waals surface area contributed by atoms with Crippen molar-refractivity contribution in [2.75, 3.05) is 0 Å². The number of nitro groups is 1. The molecule has 17 heavy (non-hydrogen) atoms. The topological polar surface area (TPSA) is 69.2 Å². The summed E-state index contributed by atoms with van der Waals surface area (Å²) >= 11 is 0. The lowest BCUT2D eigenvalue weighted by atomic mass is 10.2. The van der Waals surface area contributed by atoms with Gasteiger partial charge >= 0.3 is 0 Å². The normalized spacial score (nSPS) is 11.1. The highest BCUT2D eigenvalue weighted by Gasteiger charge is 2.42. The maximum atomic E-state index is 11.3. The molecule has 0 heterocycles. The highest BCUT2D eigenvalue weighted by molar-refractivity contribution is 5.53. The summed E-state index contributed by atoms with van der Waals surface area (Å²) in [6.07, 6.45) is 0.